The minimum absolute atomic E-state index is 0.113. The van der Waals surface area contributed by atoms with Crippen molar-refractivity contribution in [2.24, 2.45) is 7.05 Å². The molecule has 2 atom stereocenters. The van der Waals surface area contributed by atoms with E-state index in [1.165, 1.54) is 22.2 Å². The van der Waals surface area contributed by atoms with E-state index in [2.05, 4.69) is 45.8 Å². The number of hydrogen-bond donors (Lipinski definition) is 1. The molecule has 0 aliphatic heterocycles. The van der Waals surface area contributed by atoms with Crippen molar-refractivity contribution in [2.75, 3.05) is 11.1 Å². The normalized spacial score (nSPS) is 19.5. The predicted molar refractivity (Wildman–Crippen MR) is 123 cm³/mol. The van der Waals surface area contributed by atoms with E-state index in [0.717, 1.165) is 48.6 Å². The molecule has 2 aromatic heterocycles. The van der Waals surface area contributed by atoms with E-state index in [9.17, 15) is 10.1 Å². The maximum atomic E-state index is 12.6. The smallest absolute Gasteiger partial charge is 0.235 e. The Labute approximate surface area is 189 Å². The van der Waals surface area contributed by atoms with Crippen LogP contribution < -0.4 is 5.32 Å². The molecule has 0 radical (unpaired) electrons. The lowest BCUT2D eigenvalue weighted by Crippen LogP contribution is -2.14. The fourth-order valence-corrected chi connectivity index (χ4v) is 6.36. The third-order valence-electron chi connectivity index (χ3n) is 6.09. The van der Waals surface area contributed by atoms with Crippen LogP contribution in [0.15, 0.2) is 35.5 Å². The summed E-state index contributed by atoms with van der Waals surface area (Å²) in [5, 5.41) is 22.7. The number of carbonyl (C=O) groups is 1. The maximum Gasteiger partial charge on any atom is 0.235 e. The van der Waals surface area contributed by atoms with Crippen LogP contribution in [-0.2, 0) is 24.7 Å². The van der Waals surface area contributed by atoms with E-state index in [1.807, 2.05) is 17.7 Å². The first-order valence-corrected chi connectivity index (χ1v) is 12.4. The summed E-state index contributed by atoms with van der Waals surface area (Å²) in [7, 11) is 1.97. The second-order valence-corrected chi connectivity index (χ2v) is 10.2. The molecular formula is C23H23N5OS2. The van der Waals surface area contributed by atoms with Gasteiger partial charge in [0.15, 0.2) is 5.16 Å². The highest BCUT2D eigenvalue weighted by molar-refractivity contribution is 7.99. The zero-order valence-electron chi connectivity index (χ0n) is 17.3. The van der Waals surface area contributed by atoms with Gasteiger partial charge in [0.1, 0.15) is 16.9 Å². The minimum atomic E-state index is -0.113. The molecule has 2 aliphatic carbocycles. The second-order valence-electron chi connectivity index (χ2n) is 8.12. The molecule has 158 valence electrons. The molecule has 1 fully saturated rings. The van der Waals surface area contributed by atoms with Gasteiger partial charge >= 0.3 is 0 Å². The molecular weight excluding hydrogens is 426 g/mol. The number of nitrogens with one attached hydrogen (secondary N) is 1. The van der Waals surface area contributed by atoms with Crippen LogP contribution in [0.4, 0.5) is 5.00 Å². The van der Waals surface area contributed by atoms with E-state index < -0.39 is 0 Å². The van der Waals surface area contributed by atoms with Crippen molar-refractivity contribution in [3.05, 3.63) is 57.7 Å². The number of carbonyl (C=O) groups excluding carboxylic acids is 1. The highest BCUT2D eigenvalue weighted by Crippen LogP contribution is 2.54. The summed E-state index contributed by atoms with van der Waals surface area (Å²) in [6, 6.07) is 12.8. The molecule has 2 heterocycles. The Bertz CT molecular complexity index is 1160. The van der Waals surface area contributed by atoms with Crippen LogP contribution in [0.5, 0.6) is 0 Å². The number of anilines is 1. The van der Waals surface area contributed by atoms with Crippen LogP contribution in [0.25, 0.3) is 0 Å². The van der Waals surface area contributed by atoms with Gasteiger partial charge in [0, 0.05) is 17.8 Å². The number of nitriles is 1. The van der Waals surface area contributed by atoms with Crippen LogP contribution in [0.1, 0.15) is 58.5 Å². The SMILES string of the molecule is Cn1c(SCC(=O)Nc2sc3c(c2C#N)CCCC3)nnc1C1CC1c1ccccc1. The van der Waals surface area contributed by atoms with Gasteiger partial charge in [-0.3, -0.25) is 4.79 Å². The van der Waals surface area contributed by atoms with Crippen LogP contribution in [0.3, 0.4) is 0 Å². The summed E-state index contributed by atoms with van der Waals surface area (Å²) < 4.78 is 2.01. The van der Waals surface area contributed by atoms with Crippen molar-refractivity contribution >= 4 is 34.0 Å². The predicted octanol–water partition coefficient (Wildman–Crippen LogP) is 4.63. The number of thioether (sulfide) groups is 1. The van der Waals surface area contributed by atoms with E-state index in [-0.39, 0.29) is 11.7 Å². The Morgan fingerprint density at radius 2 is 2.06 bits per heavy atom. The minimum Gasteiger partial charge on any atom is -0.316 e. The molecule has 2 unspecified atom stereocenters. The number of thiophene rings is 1. The zero-order chi connectivity index (χ0) is 21.4. The van der Waals surface area contributed by atoms with Gasteiger partial charge in [-0.25, -0.2) is 0 Å². The molecule has 1 amide bonds. The number of fused-ring (bicyclic) bond motifs is 1. The lowest BCUT2D eigenvalue weighted by atomic mass is 9.96. The first-order chi connectivity index (χ1) is 15.2. The van der Waals surface area contributed by atoms with Crippen molar-refractivity contribution in [1.82, 2.24) is 14.8 Å². The molecule has 0 saturated heterocycles. The van der Waals surface area contributed by atoms with E-state index in [4.69, 9.17) is 0 Å². The Balaban J connectivity index is 1.21. The van der Waals surface area contributed by atoms with Gasteiger partial charge in [0.2, 0.25) is 5.91 Å². The molecule has 31 heavy (non-hydrogen) atoms. The van der Waals surface area contributed by atoms with Gasteiger partial charge in [0.25, 0.3) is 0 Å². The van der Waals surface area contributed by atoms with E-state index >= 15 is 0 Å². The quantitative estimate of drug-likeness (QED) is 0.555. The Hall–Kier alpha value is -2.63. The lowest BCUT2D eigenvalue weighted by molar-refractivity contribution is -0.113. The summed E-state index contributed by atoms with van der Waals surface area (Å²) in [4.78, 5) is 13.8. The summed E-state index contributed by atoms with van der Waals surface area (Å²) in [6.45, 7) is 0. The Morgan fingerprint density at radius 3 is 2.87 bits per heavy atom. The number of aromatic nitrogens is 3. The zero-order valence-corrected chi connectivity index (χ0v) is 18.9. The molecule has 1 N–H and O–H groups in total. The molecule has 3 aromatic rings. The summed E-state index contributed by atoms with van der Waals surface area (Å²) in [5.74, 6) is 2.00. The molecule has 2 aliphatic rings. The first kappa shape index (κ1) is 20.3. The van der Waals surface area contributed by atoms with Gasteiger partial charge in [-0.05, 0) is 49.1 Å². The summed E-state index contributed by atoms with van der Waals surface area (Å²) >= 11 is 2.94. The van der Waals surface area contributed by atoms with Crippen molar-refractivity contribution in [2.45, 2.75) is 49.1 Å². The van der Waals surface area contributed by atoms with Crippen LogP contribution >= 0.6 is 23.1 Å². The molecule has 8 heteroatoms. The third kappa shape index (κ3) is 4.00. The Morgan fingerprint density at radius 1 is 1.26 bits per heavy atom. The topological polar surface area (TPSA) is 83.6 Å². The highest BCUT2D eigenvalue weighted by atomic mass is 32.2. The summed E-state index contributed by atoms with van der Waals surface area (Å²) in [6.07, 6.45) is 5.30. The van der Waals surface area contributed by atoms with E-state index in [0.29, 0.717) is 22.4 Å². The van der Waals surface area contributed by atoms with Crippen LogP contribution in [-0.4, -0.2) is 26.4 Å². The van der Waals surface area contributed by atoms with Crippen molar-refractivity contribution in [3.8, 4) is 6.07 Å². The first-order valence-electron chi connectivity index (χ1n) is 10.6. The number of amides is 1. The van der Waals surface area contributed by atoms with Gasteiger partial charge in [-0.15, -0.1) is 21.5 Å². The van der Waals surface area contributed by atoms with Crippen molar-refractivity contribution in [1.29, 1.82) is 5.26 Å². The molecule has 6 nitrogen and oxygen atoms in total. The number of rotatable bonds is 6. The monoisotopic (exact) mass is 449 g/mol. The molecule has 0 spiro atoms. The van der Waals surface area contributed by atoms with Gasteiger partial charge in [0.05, 0.1) is 11.3 Å². The standard InChI is InChI=1S/C23H23N5OS2/c1-28-21(17-11-16(17)14-7-3-2-4-8-14)26-27-23(28)30-13-20(29)25-22-18(12-24)15-9-5-6-10-19(15)31-22/h2-4,7-8,16-17H,5-6,9-11,13H2,1H3,(H,25,29). The third-order valence-corrected chi connectivity index (χ3v) is 8.31. The van der Waals surface area contributed by atoms with Crippen LogP contribution in [0.2, 0.25) is 0 Å². The number of nitrogens with zero attached hydrogens (tertiary/aromatic N) is 4. The van der Waals surface area contributed by atoms with Gasteiger partial charge < -0.3 is 9.88 Å². The number of hydrogen-bond acceptors (Lipinski definition) is 6. The van der Waals surface area contributed by atoms with Gasteiger partial charge in [-0.2, -0.15) is 5.26 Å². The van der Waals surface area contributed by atoms with Gasteiger partial charge in [-0.1, -0.05) is 42.1 Å². The van der Waals surface area contributed by atoms with Crippen LogP contribution in [0, 0.1) is 11.3 Å². The average Bonchev–Trinajstić information content (AvgIpc) is 3.38. The largest absolute Gasteiger partial charge is 0.316 e. The number of benzene rings is 1. The molecule has 5 rings (SSSR count). The molecule has 0 bridgehead atoms. The van der Waals surface area contributed by atoms with Crippen molar-refractivity contribution < 1.29 is 4.79 Å². The van der Waals surface area contributed by atoms with E-state index in [1.54, 1.807) is 11.3 Å². The highest BCUT2D eigenvalue weighted by Gasteiger charge is 2.42. The maximum absolute atomic E-state index is 12.6. The summed E-state index contributed by atoms with van der Waals surface area (Å²) in [5.41, 5.74) is 3.13. The lowest BCUT2D eigenvalue weighted by Gasteiger charge is -2.09. The molecule has 1 saturated carbocycles. The fraction of sp³-hybridized carbons (Fsp3) is 0.391. The second kappa shape index (κ2) is 8.48. The Kier molecular flexibility index (Phi) is 5.55. The average molecular weight is 450 g/mol. The fourth-order valence-electron chi connectivity index (χ4n) is 4.39. The molecule has 1 aromatic carbocycles. The van der Waals surface area contributed by atoms with Crippen molar-refractivity contribution in [3.63, 3.8) is 0 Å². The number of aryl methyl sites for hydroxylation is 1.